The molecule has 0 radical (unpaired) electrons. The van der Waals surface area contributed by atoms with Gasteiger partial charge in [-0.3, -0.25) is 4.98 Å². The van der Waals surface area contributed by atoms with E-state index in [-0.39, 0.29) is 0 Å². The van der Waals surface area contributed by atoms with Crippen LogP contribution in [0.25, 0.3) is 0 Å². The van der Waals surface area contributed by atoms with Gasteiger partial charge in [0.15, 0.2) is 0 Å². The third-order valence-electron chi connectivity index (χ3n) is 3.59. The Labute approximate surface area is 143 Å². The number of hydrogen-bond donors (Lipinski definition) is 2. The predicted octanol–water partition coefficient (Wildman–Crippen LogP) is 4.27. The molecule has 126 valence electrons. The first-order valence-electron chi connectivity index (χ1n) is 7.62. The van der Waals surface area contributed by atoms with E-state index in [9.17, 15) is 13.6 Å². The van der Waals surface area contributed by atoms with Crippen LogP contribution in [-0.4, -0.2) is 11.0 Å². The number of hydrogen-bond acceptors (Lipinski definition) is 2. The predicted molar refractivity (Wildman–Crippen MR) is 91.0 cm³/mol. The van der Waals surface area contributed by atoms with Crippen molar-refractivity contribution < 1.29 is 13.6 Å². The van der Waals surface area contributed by atoms with Crippen LogP contribution in [0.4, 0.5) is 19.3 Å². The van der Waals surface area contributed by atoms with Crippen molar-refractivity contribution >= 4 is 11.7 Å². The fraction of sp³-hybridized carbons (Fsp3) is 0.0526. The molecule has 2 N–H and O–H groups in total. The molecule has 6 heteroatoms. The first kappa shape index (κ1) is 16.6. The Bertz CT molecular complexity index is 797. The SMILES string of the molecule is O=C(Nc1c(F)cccc1F)N[C@@H](c1ccccc1)c1ccccn1. The summed E-state index contributed by atoms with van der Waals surface area (Å²) in [7, 11) is 0. The van der Waals surface area contributed by atoms with Crippen LogP contribution in [0.5, 0.6) is 0 Å². The summed E-state index contributed by atoms with van der Waals surface area (Å²) in [4.78, 5) is 16.6. The summed E-state index contributed by atoms with van der Waals surface area (Å²) < 4.78 is 27.4. The lowest BCUT2D eigenvalue weighted by atomic mass is 10.0. The molecule has 3 rings (SSSR count). The van der Waals surface area contributed by atoms with Gasteiger partial charge in [0.05, 0.1) is 11.7 Å². The van der Waals surface area contributed by atoms with Crippen molar-refractivity contribution in [3.8, 4) is 0 Å². The number of nitrogens with zero attached hydrogens (tertiary/aromatic N) is 1. The van der Waals surface area contributed by atoms with Crippen molar-refractivity contribution in [2.24, 2.45) is 0 Å². The Morgan fingerprint density at radius 2 is 1.56 bits per heavy atom. The topological polar surface area (TPSA) is 54.0 Å². The van der Waals surface area contributed by atoms with E-state index in [4.69, 9.17) is 0 Å². The number of aromatic nitrogens is 1. The van der Waals surface area contributed by atoms with Gasteiger partial charge in [-0.1, -0.05) is 42.5 Å². The highest BCUT2D eigenvalue weighted by Crippen LogP contribution is 2.21. The van der Waals surface area contributed by atoms with Crippen molar-refractivity contribution in [3.63, 3.8) is 0 Å². The highest BCUT2D eigenvalue weighted by atomic mass is 19.1. The second-order valence-electron chi connectivity index (χ2n) is 5.29. The Hall–Kier alpha value is -3.28. The molecule has 0 aliphatic heterocycles. The summed E-state index contributed by atoms with van der Waals surface area (Å²) in [6, 6.07) is 16.6. The van der Waals surface area contributed by atoms with Crippen molar-refractivity contribution in [1.82, 2.24) is 10.3 Å². The molecule has 0 saturated carbocycles. The van der Waals surface area contributed by atoms with Gasteiger partial charge >= 0.3 is 6.03 Å². The van der Waals surface area contributed by atoms with Crippen LogP contribution < -0.4 is 10.6 Å². The maximum absolute atomic E-state index is 13.7. The van der Waals surface area contributed by atoms with Gasteiger partial charge < -0.3 is 10.6 Å². The van der Waals surface area contributed by atoms with Gasteiger partial charge in [0.2, 0.25) is 0 Å². The van der Waals surface area contributed by atoms with Gasteiger partial charge in [-0.05, 0) is 29.8 Å². The highest BCUT2D eigenvalue weighted by Gasteiger charge is 2.19. The quantitative estimate of drug-likeness (QED) is 0.746. The molecule has 2 aromatic carbocycles. The average molecular weight is 339 g/mol. The second-order valence-corrected chi connectivity index (χ2v) is 5.29. The van der Waals surface area contributed by atoms with E-state index in [1.165, 1.54) is 6.07 Å². The molecule has 2 amide bonds. The summed E-state index contributed by atoms with van der Waals surface area (Å²) in [5.41, 5.74) is 0.913. The average Bonchev–Trinajstić information content (AvgIpc) is 2.64. The molecule has 4 nitrogen and oxygen atoms in total. The number of amides is 2. The number of rotatable bonds is 4. The van der Waals surface area contributed by atoms with Gasteiger partial charge in [-0.15, -0.1) is 0 Å². The molecule has 1 heterocycles. The van der Waals surface area contributed by atoms with E-state index >= 15 is 0 Å². The van der Waals surface area contributed by atoms with E-state index in [1.807, 2.05) is 30.3 Å². The molecule has 1 aromatic heterocycles. The number of urea groups is 1. The first-order valence-corrected chi connectivity index (χ1v) is 7.62. The number of benzene rings is 2. The zero-order valence-corrected chi connectivity index (χ0v) is 13.1. The van der Waals surface area contributed by atoms with E-state index in [1.54, 1.807) is 24.4 Å². The molecule has 25 heavy (non-hydrogen) atoms. The van der Waals surface area contributed by atoms with Crippen molar-refractivity contribution in [1.29, 1.82) is 0 Å². The lowest BCUT2D eigenvalue weighted by Crippen LogP contribution is -2.34. The standard InChI is InChI=1S/C19H15F2N3O/c20-14-9-6-10-15(21)18(14)24-19(25)23-17(13-7-2-1-3-8-13)16-11-4-5-12-22-16/h1-12,17H,(H2,23,24,25)/t17-/m0/s1. The van der Waals surface area contributed by atoms with Gasteiger partial charge in [-0.25, -0.2) is 13.6 Å². The minimum Gasteiger partial charge on any atom is -0.325 e. The van der Waals surface area contributed by atoms with E-state index < -0.39 is 29.4 Å². The lowest BCUT2D eigenvalue weighted by Gasteiger charge is -2.19. The van der Waals surface area contributed by atoms with Crippen molar-refractivity contribution in [2.75, 3.05) is 5.32 Å². The summed E-state index contributed by atoms with van der Waals surface area (Å²) in [5.74, 6) is -1.69. The molecule has 1 atom stereocenters. The third kappa shape index (κ3) is 3.98. The fourth-order valence-electron chi connectivity index (χ4n) is 2.42. The molecule has 0 saturated heterocycles. The van der Waals surface area contributed by atoms with Crippen LogP contribution in [0.2, 0.25) is 0 Å². The van der Waals surface area contributed by atoms with Gasteiger partial charge in [0.25, 0.3) is 0 Å². The Morgan fingerprint density at radius 3 is 2.20 bits per heavy atom. The number of halogens is 2. The fourth-order valence-corrected chi connectivity index (χ4v) is 2.42. The van der Waals surface area contributed by atoms with Crippen molar-refractivity contribution in [3.05, 3.63) is 95.8 Å². The van der Waals surface area contributed by atoms with Crippen LogP contribution in [0, 0.1) is 11.6 Å². The number of pyridine rings is 1. The van der Waals surface area contributed by atoms with E-state index in [2.05, 4.69) is 15.6 Å². The zero-order valence-electron chi connectivity index (χ0n) is 13.1. The molecule has 0 spiro atoms. The molecule has 0 fully saturated rings. The zero-order chi connectivity index (χ0) is 17.6. The van der Waals surface area contributed by atoms with Gasteiger partial charge in [0.1, 0.15) is 17.3 Å². The monoisotopic (exact) mass is 339 g/mol. The lowest BCUT2D eigenvalue weighted by molar-refractivity contribution is 0.249. The maximum atomic E-state index is 13.7. The smallest absolute Gasteiger partial charge is 0.320 e. The van der Waals surface area contributed by atoms with E-state index in [0.717, 1.165) is 17.7 Å². The Morgan fingerprint density at radius 1 is 0.880 bits per heavy atom. The molecular weight excluding hydrogens is 324 g/mol. The summed E-state index contributed by atoms with van der Waals surface area (Å²) in [6.07, 6.45) is 1.61. The normalized spacial score (nSPS) is 11.6. The third-order valence-corrected chi connectivity index (χ3v) is 3.59. The molecule has 0 aliphatic carbocycles. The molecule has 0 unspecified atom stereocenters. The van der Waals surface area contributed by atoms with Crippen LogP contribution in [-0.2, 0) is 0 Å². The van der Waals surface area contributed by atoms with Crippen LogP contribution in [0.1, 0.15) is 17.3 Å². The first-order chi connectivity index (χ1) is 12.1. The van der Waals surface area contributed by atoms with Gasteiger partial charge in [0, 0.05) is 6.20 Å². The highest BCUT2D eigenvalue weighted by molar-refractivity contribution is 5.90. The van der Waals surface area contributed by atoms with E-state index in [0.29, 0.717) is 5.69 Å². The number of para-hydroxylation sites is 1. The Balaban J connectivity index is 1.84. The summed E-state index contributed by atoms with van der Waals surface area (Å²) in [6.45, 7) is 0. The largest absolute Gasteiger partial charge is 0.325 e. The van der Waals surface area contributed by atoms with Gasteiger partial charge in [-0.2, -0.15) is 0 Å². The maximum Gasteiger partial charge on any atom is 0.320 e. The Kier molecular flexibility index (Phi) is 4.99. The minimum absolute atomic E-state index is 0.493. The molecule has 0 aliphatic rings. The molecule has 3 aromatic rings. The number of carbonyl (C=O) groups is 1. The molecule has 0 bridgehead atoms. The second kappa shape index (κ2) is 7.53. The number of nitrogens with one attached hydrogen (secondary N) is 2. The number of anilines is 1. The minimum atomic E-state index is -0.843. The summed E-state index contributed by atoms with van der Waals surface area (Å²) >= 11 is 0. The van der Waals surface area contributed by atoms with Crippen LogP contribution in [0.15, 0.2) is 72.9 Å². The van der Waals surface area contributed by atoms with Crippen molar-refractivity contribution in [2.45, 2.75) is 6.04 Å². The van der Waals surface area contributed by atoms with Crippen LogP contribution >= 0.6 is 0 Å². The molecular formula is C19H15F2N3O. The van der Waals surface area contributed by atoms with Crippen LogP contribution in [0.3, 0.4) is 0 Å². The summed E-state index contributed by atoms with van der Waals surface area (Å²) in [5, 5.41) is 4.93. The number of carbonyl (C=O) groups excluding carboxylic acids is 1.